The Hall–Kier alpha value is -0.800. The normalized spacial score (nSPS) is 10.3. The zero-order chi connectivity index (χ0) is 11.1. The topological polar surface area (TPSA) is 29.1 Å². The molecule has 3 heteroatoms. The first-order chi connectivity index (χ1) is 7.27. The molecule has 0 heterocycles. The molecular weight excluding hydrogens is 206 g/mol. The van der Waals surface area contributed by atoms with Crippen LogP contribution in [0.3, 0.4) is 0 Å². The molecule has 0 aromatic heterocycles. The zero-order valence-electron chi connectivity index (χ0n) is 9.25. The summed E-state index contributed by atoms with van der Waals surface area (Å²) in [7, 11) is 0. The van der Waals surface area contributed by atoms with Crippen LogP contribution in [0.5, 0.6) is 0 Å². The van der Waals surface area contributed by atoms with Crippen molar-refractivity contribution in [3.63, 3.8) is 0 Å². The van der Waals surface area contributed by atoms with E-state index in [0.717, 1.165) is 17.9 Å². The Labute approximate surface area is 95.5 Å². The first-order valence-corrected chi connectivity index (χ1v) is 6.23. The van der Waals surface area contributed by atoms with Crippen molar-refractivity contribution < 1.29 is 4.79 Å². The lowest BCUT2D eigenvalue weighted by atomic mass is 10.1. The highest BCUT2D eigenvalue weighted by atomic mass is 32.2. The van der Waals surface area contributed by atoms with Crippen LogP contribution in [0.1, 0.15) is 24.2 Å². The number of thioether (sulfide) groups is 1. The van der Waals surface area contributed by atoms with Gasteiger partial charge in [-0.2, -0.15) is 0 Å². The van der Waals surface area contributed by atoms with Gasteiger partial charge in [0.1, 0.15) is 0 Å². The van der Waals surface area contributed by atoms with Gasteiger partial charge in [-0.3, -0.25) is 4.79 Å². The lowest BCUT2D eigenvalue weighted by Crippen LogP contribution is -2.22. The summed E-state index contributed by atoms with van der Waals surface area (Å²) in [6.45, 7) is 5.37. The molecule has 0 spiro atoms. The summed E-state index contributed by atoms with van der Waals surface area (Å²) in [5, 5.41) is 3.03. The van der Waals surface area contributed by atoms with E-state index in [9.17, 15) is 4.79 Å². The molecule has 82 valence electrons. The van der Waals surface area contributed by atoms with E-state index >= 15 is 0 Å². The molecular formula is C12H17NOS. The average Bonchev–Trinajstić information content (AvgIpc) is 2.27. The van der Waals surface area contributed by atoms with Crippen molar-refractivity contribution in [1.29, 1.82) is 0 Å². The minimum absolute atomic E-state index is 0.157. The molecule has 0 unspecified atom stereocenters. The van der Waals surface area contributed by atoms with Crippen LogP contribution >= 0.6 is 11.8 Å². The fourth-order valence-corrected chi connectivity index (χ4v) is 1.91. The van der Waals surface area contributed by atoms with Gasteiger partial charge in [-0.05, 0) is 24.4 Å². The summed E-state index contributed by atoms with van der Waals surface area (Å²) < 4.78 is 0. The third kappa shape index (κ3) is 4.06. The van der Waals surface area contributed by atoms with Gasteiger partial charge in [0.05, 0.1) is 6.54 Å². The highest BCUT2D eigenvalue weighted by Gasteiger charge is 2.04. The van der Waals surface area contributed by atoms with E-state index in [2.05, 4.69) is 12.2 Å². The van der Waals surface area contributed by atoms with Gasteiger partial charge in [0.2, 0.25) is 0 Å². The van der Waals surface area contributed by atoms with Crippen molar-refractivity contribution in [3.05, 3.63) is 29.8 Å². The quantitative estimate of drug-likeness (QED) is 0.593. The lowest BCUT2D eigenvalue weighted by Gasteiger charge is -2.03. The number of rotatable bonds is 6. The van der Waals surface area contributed by atoms with Crippen molar-refractivity contribution >= 4 is 17.5 Å². The van der Waals surface area contributed by atoms with E-state index in [4.69, 9.17) is 0 Å². The van der Waals surface area contributed by atoms with Gasteiger partial charge >= 0.3 is 0 Å². The molecule has 15 heavy (non-hydrogen) atoms. The van der Waals surface area contributed by atoms with Crippen molar-refractivity contribution in [2.75, 3.05) is 18.8 Å². The number of hydrogen-bond acceptors (Lipinski definition) is 3. The molecule has 0 aliphatic carbocycles. The van der Waals surface area contributed by atoms with Gasteiger partial charge in [-0.25, -0.2) is 0 Å². The highest BCUT2D eigenvalue weighted by molar-refractivity contribution is 7.99. The number of ketones is 1. The lowest BCUT2D eigenvalue weighted by molar-refractivity contribution is 0.0991. The van der Waals surface area contributed by atoms with Gasteiger partial charge < -0.3 is 5.32 Å². The van der Waals surface area contributed by atoms with Crippen molar-refractivity contribution in [2.45, 2.75) is 18.7 Å². The van der Waals surface area contributed by atoms with Gasteiger partial charge in [0.25, 0.3) is 0 Å². The van der Waals surface area contributed by atoms with Crippen LogP contribution in [0.15, 0.2) is 29.2 Å². The zero-order valence-corrected chi connectivity index (χ0v) is 10.1. The molecule has 0 saturated heterocycles. The monoisotopic (exact) mass is 223 g/mol. The number of benzene rings is 1. The van der Waals surface area contributed by atoms with Crippen LogP contribution in [0.2, 0.25) is 0 Å². The van der Waals surface area contributed by atoms with Gasteiger partial charge in [0.15, 0.2) is 5.78 Å². The maximum atomic E-state index is 11.6. The number of hydrogen-bond donors (Lipinski definition) is 1. The number of carbonyl (C=O) groups excluding carboxylic acids is 1. The Balaban J connectivity index is 2.58. The SMILES string of the molecule is CCNCC(=O)c1ccc(SCC)cc1. The van der Waals surface area contributed by atoms with Crippen molar-refractivity contribution in [3.8, 4) is 0 Å². The number of nitrogens with one attached hydrogen (secondary N) is 1. The van der Waals surface area contributed by atoms with Crippen LogP contribution in [0, 0.1) is 0 Å². The Morgan fingerprint density at radius 1 is 1.27 bits per heavy atom. The molecule has 1 rings (SSSR count). The molecule has 2 nitrogen and oxygen atoms in total. The smallest absolute Gasteiger partial charge is 0.176 e. The number of carbonyl (C=O) groups is 1. The molecule has 1 aromatic rings. The van der Waals surface area contributed by atoms with Gasteiger partial charge in [-0.1, -0.05) is 26.0 Å². The summed E-state index contributed by atoms with van der Waals surface area (Å²) in [4.78, 5) is 12.8. The summed E-state index contributed by atoms with van der Waals surface area (Å²) in [6, 6.07) is 7.82. The predicted molar refractivity (Wildman–Crippen MR) is 65.7 cm³/mol. The summed E-state index contributed by atoms with van der Waals surface area (Å²) in [5.41, 5.74) is 0.788. The first-order valence-electron chi connectivity index (χ1n) is 5.24. The highest BCUT2D eigenvalue weighted by Crippen LogP contribution is 2.17. The minimum Gasteiger partial charge on any atom is -0.310 e. The van der Waals surface area contributed by atoms with Crippen LogP contribution in [-0.4, -0.2) is 24.6 Å². The number of Topliss-reactive ketones (excluding diaryl/α,β-unsaturated/α-hetero) is 1. The van der Waals surface area contributed by atoms with Crippen LogP contribution in [0.25, 0.3) is 0 Å². The summed E-state index contributed by atoms with van der Waals surface area (Å²) >= 11 is 1.79. The fraction of sp³-hybridized carbons (Fsp3) is 0.417. The predicted octanol–water partition coefficient (Wildman–Crippen LogP) is 2.59. The molecule has 0 radical (unpaired) electrons. The minimum atomic E-state index is 0.157. The Morgan fingerprint density at radius 3 is 2.47 bits per heavy atom. The second-order valence-corrected chi connectivity index (χ2v) is 4.50. The molecule has 0 atom stereocenters. The third-order valence-corrected chi connectivity index (χ3v) is 2.92. The maximum Gasteiger partial charge on any atom is 0.176 e. The molecule has 0 aliphatic rings. The van der Waals surface area contributed by atoms with E-state index in [1.54, 1.807) is 11.8 Å². The van der Waals surface area contributed by atoms with Gasteiger partial charge in [-0.15, -0.1) is 11.8 Å². The number of likely N-dealkylation sites (N-methyl/N-ethyl adjacent to an activating group) is 1. The molecule has 0 amide bonds. The largest absolute Gasteiger partial charge is 0.310 e. The molecule has 0 saturated carbocycles. The van der Waals surface area contributed by atoms with Gasteiger partial charge in [0, 0.05) is 10.5 Å². The molecule has 1 aromatic carbocycles. The Morgan fingerprint density at radius 2 is 1.93 bits per heavy atom. The van der Waals surface area contributed by atoms with E-state index in [-0.39, 0.29) is 5.78 Å². The van der Waals surface area contributed by atoms with E-state index in [1.807, 2.05) is 31.2 Å². The Bertz CT molecular complexity index is 308. The molecule has 0 bridgehead atoms. The van der Waals surface area contributed by atoms with Crippen LogP contribution in [-0.2, 0) is 0 Å². The average molecular weight is 223 g/mol. The van der Waals surface area contributed by atoms with Crippen molar-refractivity contribution in [2.24, 2.45) is 0 Å². The first kappa shape index (κ1) is 12.3. The molecule has 1 N–H and O–H groups in total. The standard InChI is InChI=1S/C12H17NOS/c1-3-13-9-12(14)10-5-7-11(8-6-10)15-4-2/h5-8,13H,3-4,9H2,1-2H3. The summed E-state index contributed by atoms with van der Waals surface area (Å²) in [6.07, 6.45) is 0. The summed E-state index contributed by atoms with van der Waals surface area (Å²) in [5.74, 6) is 1.22. The van der Waals surface area contributed by atoms with E-state index in [1.165, 1.54) is 4.90 Å². The second kappa shape index (κ2) is 6.64. The third-order valence-electron chi connectivity index (χ3n) is 2.02. The second-order valence-electron chi connectivity index (χ2n) is 3.16. The van der Waals surface area contributed by atoms with Crippen LogP contribution < -0.4 is 5.32 Å². The van der Waals surface area contributed by atoms with Crippen LogP contribution in [0.4, 0.5) is 0 Å². The molecule has 0 fully saturated rings. The van der Waals surface area contributed by atoms with E-state index < -0.39 is 0 Å². The maximum absolute atomic E-state index is 11.6. The fourth-order valence-electron chi connectivity index (χ4n) is 1.24. The Kier molecular flexibility index (Phi) is 5.43. The van der Waals surface area contributed by atoms with Crippen molar-refractivity contribution in [1.82, 2.24) is 5.32 Å². The van der Waals surface area contributed by atoms with E-state index in [0.29, 0.717) is 6.54 Å². The molecule has 0 aliphatic heterocycles.